The van der Waals surface area contributed by atoms with Gasteiger partial charge in [-0.2, -0.15) is 0 Å². The van der Waals surface area contributed by atoms with Gasteiger partial charge in [0.05, 0.1) is 12.1 Å². The summed E-state index contributed by atoms with van der Waals surface area (Å²) in [6.07, 6.45) is 0. The van der Waals surface area contributed by atoms with E-state index in [-0.39, 0.29) is 18.0 Å². The van der Waals surface area contributed by atoms with Crippen LogP contribution in [0.2, 0.25) is 5.02 Å². The third kappa shape index (κ3) is 3.13. The number of hydrogen-bond acceptors (Lipinski definition) is 3. The predicted octanol–water partition coefficient (Wildman–Crippen LogP) is 1.20. The average Bonchev–Trinajstić information content (AvgIpc) is 2.26. The van der Waals surface area contributed by atoms with E-state index in [1.807, 2.05) is 0 Å². The van der Waals surface area contributed by atoms with Crippen molar-refractivity contribution in [3.63, 3.8) is 0 Å². The Balaban J connectivity index is 2.87. The van der Waals surface area contributed by atoms with E-state index in [2.05, 4.69) is 10.6 Å². The third-order valence-electron chi connectivity index (χ3n) is 1.93. The van der Waals surface area contributed by atoms with Crippen molar-refractivity contribution in [2.45, 2.75) is 0 Å². The third-order valence-corrected chi connectivity index (χ3v) is 2.17. The molecule has 0 aromatic heterocycles. The van der Waals surface area contributed by atoms with Crippen LogP contribution in [0.3, 0.4) is 0 Å². The van der Waals surface area contributed by atoms with E-state index in [1.165, 1.54) is 19.2 Å². The van der Waals surface area contributed by atoms with Gasteiger partial charge in [0.1, 0.15) is 0 Å². The lowest BCUT2D eigenvalue weighted by Gasteiger charge is -2.08. The Kier molecular flexibility index (Phi) is 4.13. The topological polar surface area (TPSA) is 78.4 Å². The Morgan fingerprint density at radius 1 is 1.44 bits per heavy atom. The molecule has 0 aliphatic heterocycles. The van der Waals surface area contributed by atoms with Gasteiger partial charge in [-0.3, -0.25) is 4.79 Å². The molecule has 16 heavy (non-hydrogen) atoms. The van der Waals surface area contributed by atoms with Crippen LogP contribution in [0.4, 0.5) is 5.69 Å². The molecule has 1 amide bonds. The lowest BCUT2D eigenvalue weighted by Crippen LogP contribution is -2.26. The van der Waals surface area contributed by atoms with E-state index in [4.69, 9.17) is 16.7 Å². The highest BCUT2D eigenvalue weighted by Crippen LogP contribution is 2.20. The summed E-state index contributed by atoms with van der Waals surface area (Å²) in [5.74, 6) is -1.33. The van der Waals surface area contributed by atoms with Crippen molar-refractivity contribution in [2.24, 2.45) is 0 Å². The lowest BCUT2D eigenvalue weighted by atomic mass is 10.2. The van der Waals surface area contributed by atoms with E-state index < -0.39 is 5.97 Å². The highest BCUT2D eigenvalue weighted by atomic mass is 35.5. The molecule has 5 nitrogen and oxygen atoms in total. The number of anilines is 1. The molecule has 0 spiro atoms. The number of amides is 1. The van der Waals surface area contributed by atoms with Crippen molar-refractivity contribution in [1.29, 1.82) is 0 Å². The highest BCUT2D eigenvalue weighted by Gasteiger charge is 2.11. The van der Waals surface area contributed by atoms with Crippen molar-refractivity contribution in [3.8, 4) is 0 Å². The molecule has 0 heterocycles. The number of carbonyl (C=O) groups excluding carboxylic acids is 1. The average molecular weight is 243 g/mol. The first-order chi connectivity index (χ1) is 7.54. The SMILES string of the molecule is CNC(=O)CNc1ccc(Cl)cc1C(=O)O. The van der Waals surface area contributed by atoms with Crippen molar-refractivity contribution in [2.75, 3.05) is 18.9 Å². The number of hydrogen-bond donors (Lipinski definition) is 3. The minimum Gasteiger partial charge on any atom is -0.478 e. The van der Waals surface area contributed by atoms with E-state index in [0.717, 1.165) is 0 Å². The number of likely N-dealkylation sites (N-methyl/N-ethyl adjacent to an activating group) is 1. The molecule has 3 N–H and O–H groups in total. The second kappa shape index (κ2) is 5.37. The fourth-order valence-corrected chi connectivity index (χ4v) is 1.28. The number of benzene rings is 1. The molecular weight excluding hydrogens is 232 g/mol. The van der Waals surface area contributed by atoms with Gasteiger partial charge in [0.15, 0.2) is 0 Å². The number of nitrogens with one attached hydrogen (secondary N) is 2. The van der Waals surface area contributed by atoms with Crippen LogP contribution in [0, 0.1) is 0 Å². The summed E-state index contributed by atoms with van der Waals surface area (Å²) < 4.78 is 0. The van der Waals surface area contributed by atoms with Gasteiger partial charge in [0, 0.05) is 17.8 Å². The van der Waals surface area contributed by atoms with E-state index in [9.17, 15) is 9.59 Å². The molecule has 0 aliphatic carbocycles. The molecule has 1 aromatic rings. The molecule has 0 fully saturated rings. The van der Waals surface area contributed by atoms with Gasteiger partial charge in [-0.05, 0) is 18.2 Å². The monoisotopic (exact) mass is 242 g/mol. The maximum Gasteiger partial charge on any atom is 0.337 e. The molecule has 0 saturated heterocycles. The number of rotatable bonds is 4. The maximum atomic E-state index is 11.0. The van der Waals surface area contributed by atoms with Gasteiger partial charge in [-0.1, -0.05) is 11.6 Å². The van der Waals surface area contributed by atoms with Crippen LogP contribution < -0.4 is 10.6 Å². The van der Waals surface area contributed by atoms with Gasteiger partial charge in [0.2, 0.25) is 5.91 Å². The second-order valence-electron chi connectivity index (χ2n) is 3.02. The van der Waals surface area contributed by atoms with Crippen LogP contribution in [0.15, 0.2) is 18.2 Å². The Morgan fingerprint density at radius 2 is 2.12 bits per heavy atom. The van der Waals surface area contributed by atoms with Gasteiger partial charge < -0.3 is 15.7 Å². The summed E-state index contributed by atoms with van der Waals surface area (Å²) in [6, 6.07) is 4.41. The van der Waals surface area contributed by atoms with Gasteiger partial charge >= 0.3 is 5.97 Å². The summed E-state index contributed by atoms with van der Waals surface area (Å²) in [5, 5.41) is 14.4. The van der Waals surface area contributed by atoms with Crippen LogP contribution in [0.1, 0.15) is 10.4 Å². The molecule has 0 radical (unpaired) electrons. The van der Waals surface area contributed by atoms with Crippen molar-refractivity contribution in [1.82, 2.24) is 5.32 Å². The van der Waals surface area contributed by atoms with Crippen molar-refractivity contribution in [3.05, 3.63) is 28.8 Å². The van der Waals surface area contributed by atoms with Gasteiger partial charge in [-0.15, -0.1) is 0 Å². The molecule has 0 saturated carbocycles. The van der Waals surface area contributed by atoms with Crippen molar-refractivity contribution < 1.29 is 14.7 Å². The molecule has 0 aliphatic rings. The lowest BCUT2D eigenvalue weighted by molar-refractivity contribution is -0.118. The zero-order chi connectivity index (χ0) is 12.1. The summed E-state index contributed by atoms with van der Waals surface area (Å²) in [6.45, 7) is 0.0123. The summed E-state index contributed by atoms with van der Waals surface area (Å²) in [7, 11) is 1.50. The first-order valence-electron chi connectivity index (χ1n) is 4.52. The van der Waals surface area contributed by atoms with Crippen LogP contribution >= 0.6 is 11.6 Å². The number of aromatic carboxylic acids is 1. The fraction of sp³-hybridized carbons (Fsp3) is 0.200. The summed E-state index contributed by atoms with van der Waals surface area (Å²) in [4.78, 5) is 21.9. The molecule has 0 bridgehead atoms. The second-order valence-corrected chi connectivity index (χ2v) is 3.46. The molecule has 0 unspecified atom stereocenters. The van der Waals surface area contributed by atoms with Crippen LogP contribution in [-0.4, -0.2) is 30.6 Å². The fourth-order valence-electron chi connectivity index (χ4n) is 1.11. The minimum absolute atomic E-state index is 0.0123. The molecule has 6 heteroatoms. The quantitative estimate of drug-likeness (QED) is 0.741. The minimum atomic E-state index is -1.10. The predicted molar refractivity (Wildman–Crippen MR) is 61.0 cm³/mol. The van der Waals surface area contributed by atoms with Crippen molar-refractivity contribution >= 4 is 29.2 Å². The standard InChI is InChI=1S/C10H11ClN2O3/c1-12-9(14)5-13-8-3-2-6(11)4-7(8)10(15)16/h2-4,13H,5H2,1H3,(H,12,14)(H,15,16). The Morgan fingerprint density at radius 3 is 2.69 bits per heavy atom. The molecule has 86 valence electrons. The highest BCUT2D eigenvalue weighted by molar-refractivity contribution is 6.31. The smallest absolute Gasteiger partial charge is 0.337 e. The van der Waals surface area contributed by atoms with Crippen LogP contribution in [0.5, 0.6) is 0 Å². The van der Waals surface area contributed by atoms with Crippen LogP contribution in [0.25, 0.3) is 0 Å². The largest absolute Gasteiger partial charge is 0.478 e. The Labute approximate surface area is 97.4 Å². The number of halogens is 1. The van der Waals surface area contributed by atoms with E-state index in [0.29, 0.717) is 10.7 Å². The zero-order valence-electron chi connectivity index (χ0n) is 8.58. The molecule has 0 atom stereocenters. The number of carboxylic acids is 1. The number of carbonyl (C=O) groups is 2. The maximum absolute atomic E-state index is 11.0. The molecular formula is C10H11ClN2O3. The summed E-state index contributed by atoms with van der Waals surface area (Å²) >= 11 is 5.68. The zero-order valence-corrected chi connectivity index (χ0v) is 9.34. The Hall–Kier alpha value is -1.75. The number of carboxylic acid groups (broad SMARTS) is 1. The molecule has 1 aromatic carbocycles. The van der Waals surface area contributed by atoms with E-state index >= 15 is 0 Å². The molecule has 1 rings (SSSR count). The van der Waals surface area contributed by atoms with Gasteiger partial charge in [-0.25, -0.2) is 4.79 Å². The normalized spacial score (nSPS) is 9.62. The first-order valence-corrected chi connectivity index (χ1v) is 4.89. The van der Waals surface area contributed by atoms with Crippen LogP contribution in [-0.2, 0) is 4.79 Å². The first kappa shape index (κ1) is 12.3. The summed E-state index contributed by atoms with van der Waals surface area (Å²) in [5.41, 5.74) is 0.400. The van der Waals surface area contributed by atoms with E-state index in [1.54, 1.807) is 6.07 Å². The van der Waals surface area contributed by atoms with Gasteiger partial charge in [0.25, 0.3) is 0 Å². The Bertz CT molecular complexity index is 421.